The minimum Gasteiger partial charge on any atom is -0.397 e. The van der Waals surface area contributed by atoms with Gasteiger partial charge in [0.1, 0.15) is 18.3 Å². The molecule has 0 radical (unpaired) electrons. The van der Waals surface area contributed by atoms with E-state index in [1.807, 2.05) is 9.47 Å². The van der Waals surface area contributed by atoms with Gasteiger partial charge in [-0.1, -0.05) is 26.7 Å². The minimum atomic E-state index is 0.102. The average Bonchev–Trinajstić information content (AvgIpc) is 2.71. The van der Waals surface area contributed by atoms with E-state index in [4.69, 9.17) is 5.73 Å². The molecule has 0 unspecified atom stereocenters. The van der Waals surface area contributed by atoms with E-state index in [0.29, 0.717) is 17.3 Å². The van der Waals surface area contributed by atoms with Crippen molar-refractivity contribution in [1.82, 2.24) is 9.47 Å². The highest BCUT2D eigenvalue weighted by Gasteiger charge is 2.20. The van der Waals surface area contributed by atoms with Crippen molar-refractivity contribution < 1.29 is 4.79 Å². The van der Waals surface area contributed by atoms with E-state index < -0.39 is 0 Å². The molecule has 1 aromatic rings. The van der Waals surface area contributed by atoms with E-state index in [2.05, 4.69) is 19.9 Å². The Morgan fingerprint density at radius 2 is 1.96 bits per heavy atom. The summed E-state index contributed by atoms with van der Waals surface area (Å²) in [5, 5.41) is 9.35. The number of likely N-dealkylation sites (tertiary alicyclic amines) is 1. The van der Waals surface area contributed by atoms with Crippen LogP contribution in [0.1, 0.15) is 57.3 Å². The Kier molecular flexibility index (Phi) is 6.09. The van der Waals surface area contributed by atoms with Gasteiger partial charge >= 0.3 is 0 Å². The number of aromatic nitrogens is 1. The third-order valence-electron chi connectivity index (χ3n) is 4.57. The van der Waals surface area contributed by atoms with Crippen LogP contribution in [0, 0.1) is 17.2 Å². The van der Waals surface area contributed by atoms with Crippen LogP contribution >= 0.6 is 0 Å². The Bertz CT molecular complexity index is 575. The maximum Gasteiger partial charge on any atom is 0.242 e. The number of nitrogens with two attached hydrogens (primary N) is 1. The largest absolute Gasteiger partial charge is 0.397 e. The number of carbonyl (C=O) groups is 1. The van der Waals surface area contributed by atoms with E-state index in [1.165, 1.54) is 12.8 Å². The van der Waals surface area contributed by atoms with Gasteiger partial charge in [-0.15, -0.1) is 0 Å². The van der Waals surface area contributed by atoms with Crippen LogP contribution in [0.15, 0.2) is 6.07 Å². The molecule has 1 aliphatic heterocycles. The summed E-state index contributed by atoms with van der Waals surface area (Å²) < 4.78 is 1.82. The maximum atomic E-state index is 12.6. The van der Waals surface area contributed by atoms with Crippen molar-refractivity contribution in [2.45, 2.75) is 58.9 Å². The van der Waals surface area contributed by atoms with Gasteiger partial charge in [-0.05, 0) is 37.7 Å². The number of nitrogens with zero attached hydrogens (tertiary/aromatic N) is 3. The first-order chi connectivity index (χ1) is 11.0. The molecule has 2 rings (SSSR count). The summed E-state index contributed by atoms with van der Waals surface area (Å²) in [7, 11) is 0. The second-order valence-corrected chi connectivity index (χ2v) is 6.86. The van der Waals surface area contributed by atoms with Gasteiger partial charge in [0.05, 0.1) is 5.69 Å². The molecule has 0 atom stereocenters. The van der Waals surface area contributed by atoms with Crippen LogP contribution in [0.3, 0.4) is 0 Å². The molecule has 5 heteroatoms. The third-order valence-corrected chi connectivity index (χ3v) is 4.57. The SMILES string of the molecule is CC(C)CCc1c(N)cc(C#N)n1CC(=O)N1CCCCCC1. The molecule has 23 heavy (non-hydrogen) atoms. The number of amides is 1. The van der Waals surface area contributed by atoms with E-state index in [1.54, 1.807) is 6.07 Å². The van der Waals surface area contributed by atoms with Gasteiger partial charge in [0, 0.05) is 18.8 Å². The van der Waals surface area contributed by atoms with Gasteiger partial charge in [-0.2, -0.15) is 5.26 Å². The van der Waals surface area contributed by atoms with Crippen LogP contribution in [0.25, 0.3) is 0 Å². The van der Waals surface area contributed by atoms with Crippen LogP contribution < -0.4 is 5.73 Å². The highest BCUT2D eigenvalue weighted by molar-refractivity contribution is 5.76. The Morgan fingerprint density at radius 3 is 2.52 bits per heavy atom. The maximum absolute atomic E-state index is 12.6. The highest BCUT2D eigenvalue weighted by Crippen LogP contribution is 2.22. The van der Waals surface area contributed by atoms with Crippen LogP contribution in [-0.2, 0) is 17.8 Å². The van der Waals surface area contributed by atoms with Crippen LogP contribution in [0.4, 0.5) is 5.69 Å². The number of rotatable bonds is 5. The zero-order valence-electron chi connectivity index (χ0n) is 14.3. The standard InChI is InChI=1S/C18H28N4O/c1-14(2)7-8-17-16(20)11-15(12-19)22(17)13-18(23)21-9-5-3-4-6-10-21/h11,14H,3-10,13,20H2,1-2H3. The predicted octanol–water partition coefficient (Wildman–Crippen LogP) is 2.93. The lowest BCUT2D eigenvalue weighted by Crippen LogP contribution is -2.35. The predicted molar refractivity (Wildman–Crippen MR) is 91.8 cm³/mol. The molecule has 1 aliphatic rings. The van der Waals surface area contributed by atoms with E-state index in [9.17, 15) is 10.1 Å². The fraction of sp³-hybridized carbons (Fsp3) is 0.667. The summed E-state index contributed by atoms with van der Waals surface area (Å²) in [6.07, 6.45) is 6.35. The molecule has 0 bridgehead atoms. The molecular weight excluding hydrogens is 288 g/mol. The van der Waals surface area contributed by atoms with Crippen molar-refractivity contribution in [3.63, 3.8) is 0 Å². The Labute approximate surface area is 139 Å². The monoisotopic (exact) mass is 316 g/mol. The molecule has 0 aromatic carbocycles. The zero-order chi connectivity index (χ0) is 16.8. The Morgan fingerprint density at radius 1 is 1.30 bits per heavy atom. The zero-order valence-corrected chi connectivity index (χ0v) is 14.3. The van der Waals surface area contributed by atoms with Crippen molar-refractivity contribution >= 4 is 11.6 Å². The lowest BCUT2D eigenvalue weighted by molar-refractivity contribution is -0.131. The second kappa shape index (κ2) is 8.05. The first-order valence-corrected chi connectivity index (χ1v) is 8.68. The van der Waals surface area contributed by atoms with Crippen molar-refractivity contribution in [3.05, 3.63) is 17.5 Å². The smallest absolute Gasteiger partial charge is 0.242 e. The molecule has 2 heterocycles. The summed E-state index contributed by atoms with van der Waals surface area (Å²) in [6, 6.07) is 3.88. The Hall–Kier alpha value is -1.96. The summed E-state index contributed by atoms with van der Waals surface area (Å²) in [4.78, 5) is 14.6. The molecule has 0 saturated carbocycles. The number of nitriles is 1. The van der Waals surface area contributed by atoms with Gasteiger partial charge in [0.15, 0.2) is 0 Å². The molecule has 5 nitrogen and oxygen atoms in total. The summed E-state index contributed by atoms with van der Waals surface area (Å²) in [6.45, 7) is 6.22. The number of hydrogen-bond donors (Lipinski definition) is 1. The molecule has 0 aliphatic carbocycles. The number of nitrogen functional groups attached to an aromatic ring is 1. The van der Waals surface area contributed by atoms with Crippen molar-refractivity contribution in [3.8, 4) is 6.07 Å². The summed E-state index contributed by atoms with van der Waals surface area (Å²) in [5.41, 5.74) is 8.14. The minimum absolute atomic E-state index is 0.102. The average molecular weight is 316 g/mol. The number of hydrogen-bond acceptors (Lipinski definition) is 3. The van der Waals surface area contributed by atoms with Crippen LogP contribution in [0.2, 0.25) is 0 Å². The molecule has 1 fully saturated rings. The lowest BCUT2D eigenvalue weighted by Gasteiger charge is -2.22. The summed E-state index contributed by atoms with van der Waals surface area (Å²) in [5.74, 6) is 0.661. The fourth-order valence-corrected chi connectivity index (χ4v) is 3.14. The first-order valence-electron chi connectivity index (χ1n) is 8.68. The van der Waals surface area contributed by atoms with Crippen molar-refractivity contribution in [2.75, 3.05) is 18.8 Å². The van der Waals surface area contributed by atoms with Crippen molar-refractivity contribution in [1.29, 1.82) is 5.26 Å². The lowest BCUT2D eigenvalue weighted by atomic mass is 10.1. The van der Waals surface area contributed by atoms with Crippen LogP contribution in [-0.4, -0.2) is 28.5 Å². The molecule has 0 spiro atoms. The molecule has 2 N–H and O–H groups in total. The Balaban J connectivity index is 2.16. The molecule has 1 saturated heterocycles. The van der Waals surface area contributed by atoms with Gasteiger partial charge in [0.2, 0.25) is 5.91 Å². The topological polar surface area (TPSA) is 75.0 Å². The fourth-order valence-electron chi connectivity index (χ4n) is 3.14. The van der Waals surface area contributed by atoms with Crippen LogP contribution in [0.5, 0.6) is 0 Å². The molecular formula is C18H28N4O. The van der Waals surface area contributed by atoms with E-state index in [-0.39, 0.29) is 12.5 Å². The van der Waals surface area contributed by atoms with E-state index in [0.717, 1.165) is 44.5 Å². The second-order valence-electron chi connectivity index (χ2n) is 6.86. The van der Waals surface area contributed by atoms with Gasteiger partial charge in [0.25, 0.3) is 0 Å². The van der Waals surface area contributed by atoms with E-state index >= 15 is 0 Å². The highest BCUT2D eigenvalue weighted by atomic mass is 16.2. The normalized spacial score (nSPS) is 15.5. The molecule has 126 valence electrons. The van der Waals surface area contributed by atoms with Crippen molar-refractivity contribution in [2.24, 2.45) is 5.92 Å². The quantitative estimate of drug-likeness (QED) is 0.907. The number of carbonyl (C=O) groups excluding carboxylic acids is 1. The van der Waals surface area contributed by atoms with Gasteiger partial charge in [-0.25, -0.2) is 0 Å². The molecule has 1 aromatic heterocycles. The molecule has 1 amide bonds. The first kappa shape index (κ1) is 17.4. The number of anilines is 1. The van der Waals surface area contributed by atoms with Gasteiger partial charge < -0.3 is 15.2 Å². The summed E-state index contributed by atoms with van der Waals surface area (Å²) >= 11 is 0. The third kappa shape index (κ3) is 4.51. The van der Waals surface area contributed by atoms with Gasteiger partial charge in [-0.3, -0.25) is 4.79 Å².